The van der Waals surface area contributed by atoms with Crippen LogP contribution in [0.5, 0.6) is 0 Å². The molecule has 0 spiro atoms. The molecule has 1 aromatic rings. The number of amides is 1. The number of rotatable bonds is 3. The zero-order chi connectivity index (χ0) is 17.0. The quantitative estimate of drug-likeness (QED) is 0.798. The molecule has 0 radical (unpaired) electrons. The van der Waals surface area contributed by atoms with Gasteiger partial charge in [-0.2, -0.15) is 0 Å². The Balaban J connectivity index is 2.04. The SMILES string of the molecule is CC1CC(C)CC(Nc2ccccc2NC(=O)OC(C)(C)C)C1. The van der Waals surface area contributed by atoms with E-state index in [1.807, 2.05) is 45.0 Å². The molecular weight excluding hydrogens is 288 g/mol. The Morgan fingerprint density at radius 1 is 1.04 bits per heavy atom. The van der Waals surface area contributed by atoms with E-state index in [9.17, 15) is 4.79 Å². The van der Waals surface area contributed by atoms with Gasteiger partial charge in [0.25, 0.3) is 0 Å². The fourth-order valence-corrected chi connectivity index (χ4v) is 3.42. The Morgan fingerprint density at radius 3 is 2.17 bits per heavy atom. The number of carbonyl (C=O) groups is 1. The molecular formula is C19H30N2O2. The van der Waals surface area contributed by atoms with Crippen molar-refractivity contribution in [1.82, 2.24) is 0 Å². The Morgan fingerprint density at radius 2 is 1.61 bits per heavy atom. The summed E-state index contributed by atoms with van der Waals surface area (Å²) in [6.45, 7) is 10.2. The summed E-state index contributed by atoms with van der Waals surface area (Å²) in [5, 5.41) is 6.46. The number of nitrogens with one attached hydrogen (secondary N) is 2. The average molecular weight is 318 g/mol. The van der Waals surface area contributed by atoms with E-state index in [4.69, 9.17) is 4.74 Å². The molecule has 23 heavy (non-hydrogen) atoms. The number of anilines is 2. The molecule has 1 aromatic carbocycles. The van der Waals surface area contributed by atoms with E-state index in [1.165, 1.54) is 19.3 Å². The predicted molar refractivity (Wildman–Crippen MR) is 95.9 cm³/mol. The highest BCUT2D eigenvalue weighted by atomic mass is 16.6. The zero-order valence-electron chi connectivity index (χ0n) is 15.0. The van der Waals surface area contributed by atoms with Crippen molar-refractivity contribution in [3.8, 4) is 0 Å². The van der Waals surface area contributed by atoms with Crippen molar-refractivity contribution in [2.45, 2.75) is 65.5 Å². The standard InChI is InChI=1S/C19H30N2O2/c1-13-10-14(2)12-15(11-13)20-16-8-6-7-9-17(16)21-18(22)23-19(3,4)5/h6-9,13-15,20H,10-12H2,1-5H3,(H,21,22). The van der Waals surface area contributed by atoms with Crippen LogP contribution < -0.4 is 10.6 Å². The minimum absolute atomic E-state index is 0.419. The van der Waals surface area contributed by atoms with Crippen molar-refractivity contribution in [3.05, 3.63) is 24.3 Å². The van der Waals surface area contributed by atoms with Crippen molar-refractivity contribution in [2.24, 2.45) is 11.8 Å². The summed E-state index contributed by atoms with van der Waals surface area (Å²) in [5.74, 6) is 1.48. The molecule has 1 aliphatic rings. The lowest BCUT2D eigenvalue weighted by molar-refractivity contribution is 0.0636. The molecule has 1 saturated carbocycles. The molecule has 0 aliphatic heterocycles. The van der Waals surface area contributed by atoms with E-state index in [1.54, 1.807) is 0 Å². The normalized spacial score (nSPS) is 24.8. The number of carbonyl (C=O) groups excluding carboxylic acids is 1. The molecule has 2 N–H and O–H groups in total. The van der Waals surface area contributed by atoms with Crippen molar-refractivity contribution in [1.29, 1.82) is 0 Å². The molecule has 128 valence electrons. The molecule has 1 amide bonds. The lowest BCUT2D eigenvalue weighted by Crippen LogP contribution is -2.31. The highest BCUT2D eigenvalue weighted by Gasteiger charge is 2.24. The van der Waals surface area contributed by atoms with Crippen molar-refractivity contribution >= 4 is 17.5 Å². The van der Waals surface area contributed by atoms with E-state index < -0.39 is 11.7 Å². The van der Waals surface area contributed by atoms with Crippen LogP contribution in [-0.4, -0.2) is 17.7 Å². The summed E-state index contributed by atoms with van der Waals surface area (Å²) < 4.78 is 5.34. The van der Waals surface area contributed by atoms with Crippen molar-refractivity contribution in [3.63, 3.8) is 0 Å². The van der Waals surface area contributed by atoms with Crippen molar-refractivity contribution < 1.29 is 9.53 Å². The third kappa shape index (κ3) is 5.77. The Kier molecular flexibility index (Phi) is 5.55. The van der Waals surface area contributed by atoms with Gasteiger partial charge in [0.05, 0.1) is 11.4 Å². The van der Waals surface area contributed by atoms with Crippen LogP contribution >= 0.6 is 0 Å². The van der Waals surface area contributed by atoms with Gasteiger partial charge in [0.15, 0.2) is 0 Å². The van der Waals surface area contributed by atoms with Gasteiger partial charge < -0.3 is 10.1 Å². The summed E-state index contributed by atoms with van der Waals surface area (Å²) in [7, 11) is 0. The summed E-state index contributed by atoms with van der Waals surface area (Å²) in [5.41, 5.74) is 1.23. The second-order valence-corrected chi connectivity index (χ2v) is 7.93. The van der Waals surface area contributed by atoms with Crippen LogP contribution in [0.1, 0.15) is 53.9 Å². The highest BCUT2D eigenvalue weighted by molar-refractivity contribution is 5.89. The lowest BCUT2D eigenvalue weighted by Gasteiger charge is -2.33. The van der Waals surface area contributed by atoms with E-state index in [0.717, 1.165) is 23.2 Å². The highest BCUT2D eigenvalue weighted by Crippen LogP contribution is 2.32. The Hall–Kier alpha value is -1.71. The van der Waals surface area contributed by atoms with Gasteiger partial charge in [-0.05, 0) is 64.0 Å². The maximum atomic E-state index is 12.0. The molecule has 1 aliphatic carbocycles. The maximum Gasteiger partial charge on any atom is 0.412 e. The molecule has 4 heteroatoms. The number of hydrogen-bond donors (Lipinski definition) is 2. The minimum atomic E-state index is -0.499. The summed E-state index contributed by atoms with van der Waals surface area (Å²) in [6.07, 6.45) is 3.23. The lowest BCUT2D eigenvalue weighted by atomic mass is 9.80. The fourth-order valence-electron chi connectivity index (χ4n) is 3.42. The summed E-state index contributed by atoms with van der Waals surface area (Å²) in [6, 6.07) is 8.27. The third-order valence-corrected chi connectivity index (χ3v) is 4.10. The first-order valence-electron chi connectivity index (χ1n) is 8.58. The molecule has 2 rings (SSSR count). The van der Waals surface area contributed by atoms with E-state index in [-0.39, 0.29) is 0 Å². The summed E-state index contributed by atoms with van der Waals surface area (Å²) in [4.78, 5) is 12.0. The average Bonchev–Trinajstić information content (AvgIpc) is 2.37. The van der Waals surface area contributed by atoms with Gasteiger partial charge in [0.2, 0.25) is 0 Å². The molecule has 1 fully saturated rings. The number of hydrogen-bond acceptors (Lipinski definition) is 3. The van der Waals surface area contributed by atoms with Crippen LogP contribution in [0, 0.1) is 11.8 Å². The van der Waals surface area contributed by atoms with Crippen LogP contribution in [0.3, 0.4) is 0 Å². The zero-order valence-corrected chi connectivity index (χ0v) is 15.0. The molecule has 2 atom stereocenters. The first-order valence-corrected chi connectivity index (χ1v) is 8.58. The van der Waals surface area contributed by atoms with Gasteiger partial charge >= 0.3 is 6.09 Å². The molecule has 0 aromatic heterocycles. The minimum Gasteiger partial charge on any atom is -0.444 e. The Labute approximate surface area is 140 Å². The van der Waals surface area contributed by atoms with E-state index in [2.05, 4.69) is 24.5 Å². The monoisotopic (exact) mass is 318 g/mol. The van der Waals surface area contributed by atoms with Crippen LogP contribution in [0.15, 0.2) is 24.3 Å². The maximum absolute atomic E-state index is 12.0. The first kappa shape index (κ1) is 17.6. The second-order valence-electron chi connectivity index (χ2n) is 7.93. The molecule has 4 nitrogen and oxygen atoms in total. The number of benzene rings is 1. The first-order chi connectivity index (χ1) is 10.7. The second kappa shape index (κ2) is 7.24. The molecule has 0 heterocycles. The van der Waals surface area contributed by atoms with Crippen molar-refractivity contribution in [2.75, 3.05) is 10.6 Å². The topological polar surface area (TPSA) is 50.4 Å². The molecule has 0 saturated heterocycles. The van der Waals surface area contributed by atoms with Gasteiger partial charge in [-0.25, -0.2) is 4.79 Å². The number of ether oxygens (including phenoxy) is 1. The molecule has 2 unspecified atom stereocenters. The Bertz CT molecular complexity index is 526. The fraction of sp³-hybridized carbons (Fsp3) is 0.632. The van der Waals surface area contributed by atoms with Gasteiger partial charge in [0.1, 0.15) is 5.60 Å². The van der Waals surface area contributed by atoms with Gasteiger partial charge in [0, 0.05) is 6.04 Å². The van der Waals surface area contributed by atoms with Crippen LogP contribution in [0.2, 0.25) is 0 Å². The van der Waals surface area contributed by atoms with E-state index in [0.29, 0.717) is 6.04 Å². The largest absolute Gasteiger partial charge is 0.444 e. The molecule has 0 bridgehead atoms. The third-order valence-electron chi connectivity index (χ3n) is 4.10. The van der Waals surface area contributed by atoms with Crippen LogP contribution in [0.25, 0.3) is 0 Å². The summed E-state index contributed by atoms with van der Waals surface area (Å²) >= 11 is 0. The van der Waals surface area contributed by atoms with Gasteiger partial charge in [-0.15, -0.1) is 0 Å². The van der Waals surface area contributed by atoms with Gasteiger partial charge in [-0.1, -0.05) is 26.0 Å². The van der Waals surface area contributed by atoms with Crippen LogP contribution in [-0.2, 0) is 4.74 Å². The van der Waals surface area contributed by atoms with Gasteiger partial charge in [-0.3, -0.25) is 5.32 Å². The van der Waals surface area contributed by atoms with Crippen LogP contribution in [0.4, 0.5) is 16.2 Å². The smallest absolute Gasteiger partial charge is 0.412 e. The predicted octanol–water partition coefficient (Wildman–Crippen LogP) is 5.27. The number of para-hydroxylation sites is 2. The van der Waals surface area contributed by atoms with E-state index >= 15 is 0 Å².